The van der Waals surface area contributed by atoms with Gasteiger partial charge in [-0.3, -0.25) is 4.79 Å². The Morgan fingerprint density at radius 1 is 1.27 bits per heavy atom. The number of ether oxygens (including phenoxy) is 1. The van der Waals surface area contributed by atoms with E-state index in [2.05, 4.69) is 16.0 Å². The van der Waals surface area contributed by atoms with Crippen molar-refractivity contribution in [1.29, 1.82) is 0 Å². The van der Waals surface area contributed by atoms with Gasteiger partial charge in [-0.1, -0.05) is 0 Å². The Morgan fingerprint density at radius 3 is 2.87 bits per heavy atom. The molecule has 86 valence electrons. The van der Waals surface area contributed by atoms with Gasteiger partial charge in [-0.25, -0.2) is 0 Å². The Hall–Kier alpha value is -0.650. The smallest absolute Gasteiger partial charge is 0.324 e. The van der Waals surface area contributed by atoms with Crippen molar-refractivity contribution in [1.82, 2.24) is 16.0 Å². The Labute approximate surface area is 89.9 Å². The third kappa shape index (κ3) is 3.15. The van der Waals surface area contributed by atoms with E-state index in [0.29, 0.717) is 19.2 Å². The van der Waals surface area contributed by atoms with Gasteiger partial charge in [-0.15, -0.1) is 0 Å². The summed E-state index contributed by atoms with van der Waals surface area (Å²) in [6, 6.07) is 0.200. The van der Waals surface area contributed by atoms with Crippen molar-refractivity contribution in [3.8, 4) is 0 Å². The summed E-state index contributed by atoms with van der Waals surface area (Å²) >= 11 is 0. The van der Waals surface area contributed by atoms with Crippen LogP contribution in [0, 0.1) is 0 Å². The van der Waals surface area contributed by atoms with Crippen LogP contribution in [-0.4, -0.2) is 50.8 Å². The first-order valence-electron chi connectivity index (χ1n) is 5.70. The number of esters is 1. The lowest BCUT2D eigenvalue weighted by Crippen LogP contribution is -2.53. The van der Waals surface area contributed by atoms with Crippen molar-refractivity contribution < 1.29 is 9.53 Å². The molecular weight excluding hydrogens is 194 g/mol. The fourth-order valence-electron chi connectivity index (χ4n) is 2.00. The molecule has 5 heteroatoms. The van der Waals surface area contributed by atoms with E-state index in [1.165, 1.54) is 6.42 Å². The Kier molecular flexibility index (Phi) is 3.94. The molecule has 3 N–H and O–H groups in total. The number of nitrogens with one attached hydrogen (secondary N) is 3. The number of hydrogen-bond acceptors (Lipinski definition) is 5. The Morgan fingerprint density at radius 2 is 2.20 bits per heavy atom. The monoisotopic (exact) mass is 213 g/mol. The summed E-state index contributed by atoms with van der Waals surface area (Å²) in [5, 5.41) is 9.60. The van der Waals surface area contributed by atoms with Gasteiger partial charge in [0.1, 0.15) is 12.6 Å². The molecule has 0 saturated carbocycles. The number of carbonyl (C=O) groups is 1. The number of rotatable bonds is 3. The summed E-state index contributed by atoms with van der Waals surface area (Å²) in [7, 11) is 0. The molecule has 0 amide bonds. The highest BCUT2D eigenvalue weighted by atomic mass is 16.5. The van der Waals surface area contributed by atoms with Crippen LogP contribution in [0.4, 0.5) is 0 Å². The second-order valence-electron chi connectivity index (χ2n) is 4.13. The maximum atomic E-state index is 11.6. The predicted octanol–water partition coefficient (Wildman–Crippen LogP) is -1.16. The molecule has 2 aliphatic rings. The van der Waals surface area contributed by atoms with E-state index in [1.54, 1.807) is 0 Å². The van der Waals surface area contributed by atoms with Crippen LogP contribution in [0.2, 0.25) is 0 Å². The molecule has 0 radical (unpaired) electrons. The van der Waals surface area contributed by atoms with E-state index in [4.69, 9.17) is 4.74 Å². The Balaban J connectivity index is 1.66. The van der Waals surface area contributed by atoms with Gasteiger partial charge < -0.3 is 20.7 Å². The van der Waals surface area contributed by atoms with Crippen LogP contribution in [0.1, 0.15) is 12.8 Å². The molecule has 2 atom stereocenters. The minimum atomic E-state index is -0.167. The number of hydrogen-bond donors (Lipinski definition) is 3. The quantitative estimate of drug-likeness (QED) is 0.516. The molecule has 2 unspecified atom stereocenters. The van der Waals surface area contributed by atoms with Gasteiger partial charge >= 0.3 is 5.97 Å². The topological polar surface area (TPSA) is 62.4 Å². The van der Waals surface area contributed by atoms with Gasteiger partial charge in [0.05, 0.1) is 0 Å². The lowest BCUT2D eigenvalue weighted by Gasteiger charge is -2.23. The molecule has 2 heterocycles. The molecule has 0 aliphatic carbocycles. The molecule has 2 saturated heterocycles. The van der Waals surface area contributed by atoms with Crippen molar-refractivity contribution >= 4 is 5.97 Å². The summed E-state index contributed by atoms with van der Waals surface area (Å²) in [5.41, 5.74) is 0. The third-order valence-corrected chi connectivity index (χ3v) is 2.91. The first-order valence-corrected chi connectivity index (χ1v) is 5.70. The van der Waals surface area contributed by atoms with Gasteiger partial charge in [-0.2, -0.15) is 0 Å². The van der Waals surface area contributed by atoms with Crippen molar-refractivity contribution in [2.24, 2.45) is 0 Å². The first kappa shape index (κ1) is 10.9. The molecule has 2 aliphatic heterocycles. The summed E-state index contributed by atoms with van der Waals surface area (Å²) in [6.07, 6.45) is 2.30. The van der Waals surface area contributed by atoms with Crippen LogP contribution < -0.4 is 16.0 Å². The zero-order chi connectivity index (χ0) is 10.5. The van der Waals surface area contributed by atoms with Gasteiger partial charge in [0.2, 0.25) is 0 Å². The number of piperazine rings is 1. The molecule has 5 nitrogen and oxygen atoms in total. The molecule has 2 rings (SSSR count). The zero-order valence-corrected chi connectivity index (χ0v) is 8.92. The average Bonchev–Trinajstić information content (AvgIpc) is 2.80. The molecule has 0 aromatic carbocycles. The van der Waals surface area contributed by atoms with E-state index >= 15 is 0 Å². The second-order valence-corrected chi connectivity index (χ2v) is 4.13. The van der Waals surface area contributed by atoms with E-state index in [0.717, 1.165) is 26.1 Å². The van der Waals surface area contributed by atoms with Gasteiger partial charge in [0.25, 0.3) is 0 Å². The normalized spacial score (nSPS) is 31.5. The summed E-state index contributed by atoms with van der Waals surface area (Å²) in [4.78, 5) is 11.6. The van der Waals surface area contributed by atoms with Crippen molar-refractivity contribution in [2.75, 3.05) is 32.8 Å². The summed E-state index contributed by atoms with van der Waals surface area (Å²) < 4.78 is 5.26. The molecule has 15 heavy (non-hydrogen) atoms. The highest BCUT2D eigenvalue weighted by molar-refractivity contribution is 5.76. The molecule has 0 spiro atoms. The van der Waals surface area contributed by atoms with Gasteiger partial charge in [-0.05, 0) is 19.4 Å². The maximum Gasteiger partial charge on any atom is 0.324 e. The van der Waals surface area contributed by atoms with E-state index in [9.17, 15) is 4.79 Å². The SMILES string of the molecule is O=C(OCC1CCCN1)C1CNCCN1. The standard InChI is InChI=1S/C10H19N3O2/c14-10(9-6-11-4-5-13-9)15-7-8-2-1-3-12-8/h8-9,11-13H,1-7H2. The minimum Gasteiger partial charge on any atom is -0.463 e. The van der Waals surface area contributed by atoms with Crippen molar-refractivity contribution in [3.05, 3.63) is 0 Å². The highest BCUT2D eigenvalue weighted by Gasteiger charge is 2.23. The van der Waals surface area contributed by atoms with Crippen LogP contribution in [0.3, 0.4) is 0 Å². The number of carbonyl (C=O) groups excluding carboxylic acids is 1. The van der Waals surface area contributed by atoms with E-state index < -0.39 is 0 Å². The van der Waals surface area contributed by atoms with Crippen LogP contribution >= 0.6 is 0 Å². The van der Waals surface area contributed by atoms with E-state index in [1.807, 2.05) is 0 Å². The highest BCUT2D eigenvalue weighted by Crippen LogP contribution is 2.05. The lowest BCUT2D eigenvalue weighted by atomic mass is 10.2. The molecule has 0 bridgehead atoms. The van der Waals surface area contributed by atoms with E-state index in [-0.39, 0.29) is 12.0 Å². The second kappa shape index (κ2) is 5.44. The van der Waals surface area contributed by atoms with Crippen molar-refractivity contribution in [2.45, 2.75) is 24.9 Å². The summed E-state index contributed by atoms with van der Waals surface area (Å²) in [6.45, 7) is 3.99. The molecule has 2 fully saturated rings. The molecular formula is C10H19N3O2. The van der Waals surface area contributed by atoms with Crippen LogP contribution in [0.5, 0.6) is 0 Å². The fourth-order valence-corrected chi connectivity index (χ4v) is 2.00. The van der Waals surface area contributed by atoms with Crippen LogP contribution in [0.25, 0.3) is 0 Å². The van der Waals surface area contributed by atoms with Crippen LogP contribution in [-0.2, 0) is 9.53 Å². The van der Waals surface area contributed by atoms with Gasteiger partial charge in [0.15, 0.2) is 0 Å². The molecule has 0 aromatic rings. The zero-order valence-electron chi connectivity index (χ0n) is 8.92. The largest absolute Gasteiger partial charge is 0.463 e. The lowest BCUT2D eigenvalue weighted by molar-refractivity contribution is -0.147. The maximum absolute atomic E-state index is 11.6. The Bertz CT molecular complexity index is 211. The molecule has 0 aromatic heterocycles. The minimum absolute atomic E-state index is 0.129. The fraction of sp³-hybridized carbons (Fsp3) is 0.900. The first-order chi connectivity index (χ1) is 7.36. The average molecular weight is 213 g/mol. The third-order valence-electron chi connectivity index (χ3n) is 2.91. The van der Waals surface area contributed by atoms with Crippen LogP contribution in [0.15, 0.2) is 0 Å². The van der Waals surface area contributed by atoms with Crippen molar-refractivity contribution in [3.63, 3.8) is 0 Å². The van der Waals surface area contributed by atoms with Gasteiger partial charge in [0, 0.05) is 25.7 Å². The predicted molar refractivity (Wildman–Crippen MR) is 56.6 cm³/mol. The summed E-state index contributed by atoms with van der Waals surface area (Å²) in [5.74, 6) is -0.129.